The van der Waals surface area contributed by atoms with Gasteiger partial charge in [0.2, 0.25) is 0 Å². The van der Waals surface area contributed by atoms with Crippen molar-refractivity contribution in [3.8, 4) is 0 Å². The molecule has 1 heterocycles. The molecule has 1 aliphatic rings. The third-order valence-corrected chi connectivity index (χ3v) is 5.98. The standard InChI is InChI=1S/C25H43NO4/c1-7-8-9-10-11-12-13-14-15-19(4)23(27)20(5)16-21(6)24(28)26-22(18(2)3)17-30-25(26)29/h15-16,18,20,22-23,27H,7-14,17H2,1-6H3/b19-15+,21-16+/t20-,22+,23+/m0/s1. The summed E-state index contributed by atoms with van der Waals surface area (Å²) in [5.74, 6) is -0.414. The molecule has 3 atom stereocenters. The van der Waals surface area contributed by atoms with Gasteiger partial charge >= 0.3 is 6.09 Å². The summed E-state index contributed by atoms with van der Waals surface area (Å²) in [5, 5.41) is 10.6. The van der Waals surface area contributed by atoms with E-state index in [-0.39, 0.29) is 30.4 Å². The number of hydrogen-bond acceptors (Lipinski definition) is 4. The Bertz CT molecular complexity index is 608. The van der Waals surface area contributed by atoms with Crippen LogP contribution in [0.15, 0.2) is 23.3 Å². The van der Waals surface area contributed by atoms with Gasteiger partial charge < -0.3 is 9.84 Å². The van der Waals surface area contributed by atoms with Crippen molar-refractivity contribution in [3.05, 3.63) is 23.3 Å². The van der Waals surface area contributed by atoms with Crippen LogP contribution in [0.3, 0.4) is 0 Å². The van der Waals surface area contributed by atoms with Crippen molar-refractivity contribution in [1.82, 2.24) is 4.90 Å². The Kier molecular flexibility index (Phi) is 12.0. The zero-order valence-corrected chi connectivity index (χ0v) is 19.9. The smallest absolute Gasteiger partial charge is 0.417 e. The molecular weight excluding hydrogens is 378 g/mol. The zero-order chi connectivity index (χ0) is 22.7. The zero-order valence-electron chi connectivity index (χ0n) is 19.9. The van der Waals surface area contributed by atoms with Crippen molar-refractivity contribution in [1.29, 1.82) is 0 Å². The van der Waals surface area contributed by atoms with E-state index in [0.29, 0.717) is 5.57 Å². The lowest BCUT2D eigenvalue weighted by Gasteiger charge is -2.23. The molecule has 0 aliphatic carbocycles. The first-order valence-corrected chi connectivity index (χ1v) is 11.7. The minimum atomic E-state index is -0.635. The minimum absolute atomic E-state index is 0.132. The molecule has 0 aromatic heterocycles. The molecule has 1 rings (SSSR count). The highest BCUT2D eigenvalue weighted by molar-refractivity contribution is 6.03. The Balaban J connectivity index is 2.55. The Hall–Kier alpha value is -1.62. The number of cyclic esters (lactones) is 1. The predicted molar refractivity (Wildman–Crippen MR) is 122 cm³/mol. The normalized spacial score (nSPS) is 19.9. The lowest BCUT2D eigenvalue weighted by molar-refractivity contribution is -0.125. The molecule has 0 saturated carbocycles. The van der Waals surface area contributed by atoms with Crippen molar-refractivity contribution in [2.24, 2.45) is 11.8 Å². The van der Waals surface area contributed by atoms with Gasteiger partial charge in [0.15, 0.2) is 0 Å². The van der Waals surface area contributed by atoms with Gasteiger partial charge in [-0.3, -0.25) is 4.79 Å². The maximum absolute atomic E-state index is 12.8. The number of aliphatic hydroxyl groups excluding tert-OH is 1. The fourth-order valence-corrected chi connectivity index (χ4v) is 3.87. The van der Waals surface area contributed by atoms with Crippen LogP contribution in [0.5, 0.6) is 0 Å². The van der Waals surface area contributed by atoms with Gasteiger partial charge in [0.05, 0.1) is 12.1 Å². The van der Waals surface area contributed by atoms with Crippen LogP contribution < -0.4 is 0 Å². The van der Waals surface area contributed by atoms with E-state index in [1.807, 2.05) is 27.7 Å². The van der Waals surface area contributed by atoms with Crippen LogP contribution in [0, 0.1) is 11.8 Å². The quantitative estimate of drug-likeness (QED) is 0.224. The average molecular weight is 422 g/mol. The molecule has 5 nitrogen and oxygen atoms in total. The van der Waals surface area contributed by atoms with Gasteiger partial charge in [-0.25, -0.2) is 9.69 Å². The summed E-state index contributed by atoms with van der Waals surface area (Å²) in [4.78, 5) is 26.0. The Morgan fingerprint density at radius 3 is 2.33 bits per heavy atom. The first-order chi connectivity index (χ1) is 14.2. The van der Waals surface area contributed by atoms with Gasteiger partial charge in [-0.05, 0) is 38.2 Å². The highest BCUT2D eigenvalue weighted by Gasteiger charge is 2.40. The molecule has 0 unspecified atom stereocenters. The second kappa shape index (κ2) is 13.6. The number of imide groups is 1. The molecule has 0 aromatic carbocycles. The average Bonchev–Trinajstić information content (AvgIpc) is 3.10. The lowest BCUT2D eigenvalue weighted by Crippen LogP contribution is -2.42. The number of aliphatic hydroxyl groups is 1. The summed E-state index contributed by atoms with van der Waals surface area (Å²) < 4.78 is 5.07. The first-order valence-electron chi connectivity index (χ1n) is 11.7. The number of unbranched alkanes of at least 4 members (excludes halogenated alkanes) is 7. The van der Waals surface area contributed by atoms with E-state index in [2.05, 4.69) is 13.0 Å². The molecule has 1 saturated heterocycles. The monoisotopic (exact) mass is 421 g/mol. The Labute approximate surface area is 183 Å². The first kappa shape index (κ1) is 26.4. The molecule has 5 heteroatoms. The highest BCUT2D eigenvalue weighted by atomic mass is 16.6. The third-order valence-electron chi connectivity index (χ3n) is 5.98. The van der Waals surface area contributed by atoms with Crippen molar-refractivity contribution >= 4 is 12.0 Å². The van der Waals surface area contributed by atoms with Crippen molar-refractivity contribution in [2.75, 3.05) is 6.61 Å². The number of amides is 2. The van der Waals surface area contributed by atoms with E-state index >= 15 is 0 Å². The fraction of sp³-hybridized carbons (Fsp3) is 0.760. The molecule has 1 aliphatic heterocycles. The fourth-order valence-electron chi connectivity index (χ4n) is 3.87. The van der Waals surface area contributed by atoms with Crippen LogP contribution in [0.1, 0.15) is 92.9 Å². The summed E-state index contributed by atoms with van der Waals surface area (Å²) in [6, 6.07) is -0.239. The maximum atomic E-state index is 12.8. The Morgan fingerprint density at radius 2 is 1.73 bits per heavy atom. The molecule has 0 bridgehead atoms. The summed E-state index contributed by atoms with van der Waals surface area (Å²) in [6.45, 7) is 12.0. The van der Waals surface area contributed by atoms with Crippen LogP contribution in [0.4, 0.5) is 4.79 Å². The third kappa shape index (κ3) is 8.25. The van der Waals surface area contributed by atoms with Gasteiger partial charge in [0, 0.05) is 11.5 Å². The molecular formula is C25H43NO4. The molecule has 30 heavy (non-hydrogen) atoms. The van der Waals surface area contributed by atoms with Gasteiger partial charge in [-0.2, -0.15) is 0 Å². The van der Waals surface area contributed by atoms with Crippen molar-refractivity contribution in [3.63, 3.8) is 0 Å². The van der Waals surface area contributed by atoms with Crippen molar-refractivity contribution < 1.29 is 19.4 Å². The number of hydrogen-bond donors (Lipinski definition) is 1. The van der Waals surface area contributed by atoms with Crippen LogP contribution in [0.2, 0.25) is 0 Å². The van der Waals surface area contributed by atoms with Gasteiger partial charge in [0.1, 0.15) is 6.61 Å². The van der Waals surface area contributed by atoms with Crippen LogP contribution in [-0.4, -0.2) is 40.8 Å². The predicted octanol–water partition coefficient (Wildman–Crippen LogP) is 6.02. The second-order valence-corrected chi connectivity index (χ2v) is 9.08. The van der Waals surface area contributed by atoms with Gasteiger partial charge in [0.25, 0.3) is 5.91 Å². The topological polar surface area (TPSA) is 66.8 Å². The Morgan fingerprint density at radius 1 is 1.13 bits per heavy atom. The number of carbonyl (C=O) groups is 2. The number of rotatable bonds is 13. The minimum Gasteiger partial charge on any atom is -0.447 e. The van der Waals surface area contributed by atoms with Crippen LogP contribution in [-0.2, 0) is 9.53 Å². The molecule has 0 spiro atoms. The largest absolute Gasteiger partial charge is 0.447 e. The molecule has 1 N–H and O–H groups in total. The lowest BCUT2D eigenvalue weighted by atomic mass is 9.94. The van der Waals surface area contributed by atoms with Crippen LogP contribution >= 0.6 is 0 Å². The van der Waals surface area contributed by atoms with E-state index in [9.17, 15) is 14.7 Å². The molecule has 0 radical (unpaired) electrons. The summed E-state index contributed by atoms with van der Waals surface area (Å²) >= 11 is 0. The number of ether oxygens (including phenoxy) is 1. The summed E-state index contributed by atoms with van der Waals surface area (Å²) in [7, 11) is 0. The number of carbonyl (C=O) groups excluding carboxylic acids is 2. The number of nitrogens with zero attached hydrogens (tertiary/aromatic N) is 1. The van der Waals surface area contributed by atoms with E-state index in [0.717, 1.165) is 18.4 Å². The van der Waals surface area contributed by atoms with E-state index < -0.39 is 12.2 Å². The van der Waals surface area contributed by atoms with Gasteiger partial charge in [-0.1, -0.05) is 78.4 Å². The van der Waals surface area contributed by atoms with Crippen molar-refractivity contribution in [2.45, 2.75) is 105 Å². The highest BCUT2D eigenvalue weighted by Crippen LogP contribution is 2.23. The maximum Gasteiger partial charge on any atom is 0.417 e. The molecule has 2 amide bonds. The van der Waals surface area contributed by atoms with E-state index in [4.69, 9.17) is 4.74 Å². The molecule has 0 aromatic rings. The van der Waals surface area contributed by atoms with Gasteiger partial charge in [-0.15, -0.1) is 0 Å². The SMILES string of the molecule is CCCCCCCCC/C=C(\C)[C@@H](O)[C@@H](C)/C=C(\C)C(=O)N1C(=O)OC[C@@H]1C(C)C. The van der Waals surface area contributed by atoms with E-state index in [1.54, 1.807) is 13.0 Å². The van der Waals surface area contributed by atoms with E-state index in [1.165, 1.54) is 43.4 Å². The molecule has 1 fully saturated rings. The van der Waals surface area contributed by atoms with Crippen LogP contribution in [0.25, 0.3) is 0 Å². The number of allylic oxidation sites excluding steroid dienone is 1. The summed E-state index contributed by atoms with van der Waals surface area (Å²) in [5.41, 5.74) is 1.40. The molecule has 172 valence electrons. The second-order valence-electron chi connectivity index (χ2n) is 9.08. The summed E-state index contributed by atoms with van der Waals surface area (Å²) in [6.07, 6.45) is 12.6.